The number of ether oxygens (including phenoxy) is 1. The zero-order valence-corrected chi connectivity index (χ0v) is 12.8. The van der Waals surface area contributed by atoms with Crippen molar-refractivity contribution in [3.05, 3.63) is 12.2 Å². The normalized spacial score (nSPS) is 15.4. The summed E-state index contributed by atoms with van der Waals surface area (Å²) < 4.78 is 26.2. The maximum atomic E-state index is 11.4. The van der Waals surface area contributed by atoms with Gasteiger partial charge in [-0.25, -0.2) is 9.36 Å². The Labute approximate surface area is 114 Å². The molecule has 0 fully saturated rings. The lowest BCUT2D eigenvalue weighted by atomic mass is 10.5. The second kappa shape index (κ2) is 8.45. The molecule has 1 atom stereocenters. The number of allylic oxidation sites excluding steroid dienone is 1. The first kappa shape index (κ1) is 18.3. The van der Waals surface area contributed by atoms with Crippen molar-refractivity contribution in [3.8, 4) is 0 Å². The van der Waals surface area contributed by atoms with Crippen molar-refractivity contribution in [2.24, 2.45) is 0 Å². The Kier molecular flexibility index (Phi) is 8.13. The summed E-state index contributed by atoms with van der Waals surface area (Å²) in [6.07, 6.45) is 2.78. The molecule has 112 valence electrons. The summed E-state index contributed by atoms with van der Waals surface area (Å²) in [6, 6.07) is 0. The van der Waals surface area contributed by atoms with Crippen molar-refractivity contribution in [1.29, 1.82) is 0 Å². The highest BCUT2D eigenvalue weighted by Crippen LogP contribution is 2.42. The van der Waals surface area contributed by atoms with Crippen LogP contribution in [0.1, 0.15) is 6.92 Å². The molecule has 0 aromatic rings. The van der Waals surface area contributed by atoms with Gasteiger partial charge in [0.1, 0.15) is 19.8 Å². The monoisotopic (exact) mass is 296 g/mol. The fourth-order valence-corrected chi connectivity index (χ4v) is 1.64. The topological polar surface area (TPSA) is 82.1 Å². The number of phosphoric ester groups is 1. The average Bonchev–Trinajstić information content (AvgIpc) is 2.22. The van der Waals surface area contributed by atoms with Crippen LogP contribution in [0.3, 0.4) is 0 Å². The molecule has 0 aliphatic rings. The molecule has 1 unspecified atom stereocenters. The van der Waals surface area contributed by atoms with Gasteiger partial charge in [-0.2, -0.15) is 0 Å². The first-order chi connectivity index (χ1) is 8.66. The number of nitrogens with zero attached hydrogens (tertiary/aromatic N) is 1. The molecule has 0 heterocycles. The second-order valence-electron chi connectivity index (χ2n) is 4.82. The molecule has 1 N–H and O–H groups in total. The van der Waals surface area contributed by atoms with E-state index >= 15 is 0 Å². The lowest BCUT2D eigenvalue weighted by molar-refractivity contribution is -0.870. The lowest BCUT2D eigenvalue weighted by Gasteiger charge is -2.23. The maximum Gasteiger partial charge on any atom is 0.472 e. The molecule has 0 bridgehead atoms. The molecule has 0 amide bonds. The van der Waals surface area contributed by atoms with Crippen LogP contribution in [0.15, 0.2) is 12.2 Å². The third-order valence-electron chi connectivity index (χ3n) is 1.90. The van der Waals surface area contributed by atoms with Crippen LogP contribution in [-0.4, -0.2) is 62.9 Å². The Morgan fingerprint density at radius 3 is 2.32 bits per heavy atom. The third kappa shape index (κ3) is 12.1. The Balaban J connectivity index is 3.79. The van der Waals surface area contributed by atoms with Gasteiger partial charge in [-0.15, -0.1) is 0 Å². The fraction of sp³-hybridized carbons (Fsp3) is 0.727. The Bertz CT molecular complexity index is 350. The zero-order valence-electron chi connectivity index (χ0n) is 11.9. The van der Waals surface area contributed by atoms with E-state index in [4.69, 9.17) is 9.26 Å². The van der Waals surface area contributed by atoms with Gasteiger partial charge in [-0.1, -0.05) is 6.08 Å². The summed E-state index contributed by atoms with van der Waals surface area (Å²) in [7, 11) is 1.74. The molecule has 8 heteroatoms. The van der Waals surface area contributed by atoms with Crippen molar-refractivity contribution in [1.82, 2.24) is 0 Å². The summed E-state index contributed by atoms with van der Waals surface area (Å²) in [4.78, 5) is 20.3. The van der Waals surface area contributed by atoms with E-state index in [1.54, 1.807) is 6.92 Å². The fourth-order valence-electron chi connectivity index (χ4n) is 0.946. The summed E-state index contributed by atoms with van der Waals surface area (Å²) in [5.41, 5.74) is 0. The average molecular weight is 296 g/mol. The largest absolute Gasteiger partial charge is 0.472 e. The van der Waals surface area contributed by atoms with Crippen LogP contribution >= 0.6 is 7.82 Å². The van der Waals surface area contributed by atoms with Crippen LogP contribution in [0.5, 0.6) is 0 Å². The molecule has 0 aliphatic heterocycles. The van der Waals surface area contributed by atoms with E-state index in [1.807, 2.05) is 21.1 Å². The summed E-state index contributed by atoms with van der Waals surface area (Å²) in [5, 5.41) is 0. The lowest BCUT2D eigenvalue weighted by Crippen LogP contribution is -2.37. The molecule has 0 spiro atoms. The van der Waals surface area contributed by atoms with Crippen molar-refractivity contribution in [3.63, 3.8) is 0 Å². The minimum atomic E-state index is -4.07. The van der Waals surface area contributed by atoms with E-state index in [0.29, 0.717) is 11.0 Å². The minimum Gasteiger partial charge on any atom is -0.460 e. The molecule has 0 aromatic carbocycles. The standard InChI is InChI=1S/C11H22NO6P/c1-5-6-11(13)16-9-10-18-19(14,15)17-8-7-12(2,3)4/h5-6H,7-10H2,1-4H3/p+1. The third-order valence-corrected chi connectivity index (χ3v) is 2.92. The molecule has 0 aromatic heterocycles. The highest BCUT2D eigenvalue weighted by molar-refractivity contribution is 7.47. The molecule has 0 rings (SSSR count). The predicted molar refractivity (Wildman–Crippen MR) is 70.4 cm³/mol. The molecule has 0 radical (unpaired) electrons. The highest BCUT2D eigenvalue weighted by Gasteiger charge is 2.22. The van der Waals surface area contributed by atoms with Gasteiger partial charge in [0.25, 0.3) is 0 Å². The van der Waals surface area contributed by atoms with Crippen molar-refractivity contribution >= 4 is 13.8 Å². The second-order valence-corrected chi connectivity index (χ2v) is 6.27. The molecule has 19 heavy (non-hydrogen) atoms. The first-order valence-electron chi connectivity index (χ1n) is 5.88. The summed E-state index contributed by atoms with van der Waals surface area (Å²) in [5.74, 6) is -0.523. The number of esters is 1. The van der Waals surface area contributed by atoms with Gasteiger partial charge in [0.2, 0.25) is 0 Å². The van der Waals surface area contributed by atoms with Crippen molar-refractivity contribution in [2.45, 2.75) is 6.92 Å². The van der Waals surface area contributed by atoms with Crippen LogP contribution in [0.4, 0.5) is 0 Å². The highest BCUT2D eigenvalue weighted by atomic mass is 31.2. The van der Waals surface area contributed by atoms with Crippen molar-refractivity contribution in [2.75, 3.05) is 47.5 Å². The van der Waals surface area contributed by atoms with Crippen LogP contribution in [0.25, 0.3) is 0 Å². The van der Waals surface area contributed by atoms with Gasteiger partial charge in [-0.05, 0) is 6.92 Å². The van der Waals surface area contributed by atoms with E-state index in [9.17, 15) is 14.3 Å². The van der Waals surface area contributed by atoms with Crippen molar-refractivity contribution < 1.29 is 32.5 Å². The number of phosphoric acid groups is 1. The Hall–Kier alpha value is -0.720. The van der Waals surface area contributed by atoms with Gasteiger partial charge >= 0.3 is 13.8 Å². The number of likely N-dealkylation sites (N-methyl/N-ethyl adjacent to an activating group) is 1. The maximum absolute atomic E-state index is 11.4. The van der Waals surface area contributed by atoms with E-state index in [2.05, 4.69) is 4.52 Å². The molecule has 7 nitrogen and oxygen atoms in total. The van der Waals surface area contributed by atoms with E-state index in [-0.39, 0.29) is 19.8 Å². The Morgan fingerprint density at radius 2 is 1.79 bits per heavy atom. The van der Waals surface area contributed by atoms with Crippen LogP contribution < -0.4 is 0 Å². The number of hydrogen-bond acceptors (Lipinski definition) is 5. The van der Waals surface area contributed by atoms with Crippen LogP contribution in [0, 0.1) is 0 Å². The minimum absolute atomic E-state index is 0.105. The molecular weight excluding hydrogens is 273 g/mol. The Morgan fingerprint density at radius 1 is 1.21 bits per heavy atom. The summed E-state index contributed by atoms with van der Waals surface area (Å²) >= 11 is 0. The van der Waals surface area contributed by atoms with E-state index < -0.39 is 13.8 Å². The van der Waals surface area contributed by atoms with Crippen LogP contribution in [-0.2, 0) is 23.1 Å². The van der Waals surface area contributed by atoms with Gasteiger partial charge in [0, 0.05) is 6.08 Å². The first-order valence-corrected chi connectivity index (χ1v) is 7.37. The SMILES string of the molecule is CC=CC(=O)OCCOP(=O)(O)OCC[N+](C)(C)C. The van der Waals surface area contributed by atoms with Crippen LogP contribution in [0.2, 0.25) is 0 Å². The molecule has 0 saturated carbocycles. The van der Waals surface area contributed by atoms with E-state index in [1.165, 1.54) is 12.2 Å². The smallest absolute Gasteiger partial charge is 0.460 e. The number of carbonyl (C=O) groups is 1. The van der Waals surface area contributed by atoms with Gasteiger partial charge in [-0.3, -0.25) is 9.05 Å². The quantitative estimate of drug-likeness (QED) is 0.224. The predicted octanol–water partition coefficient (Wildman–Crippen LogP) is 0.945. The van der Waals surface area contributed by atoms with Gasteiger partial charge < -0.3 is 14.1 Å². The number of carbonyl (C=O) groups excluding carboxylic acids is 1. The van der Waals surface area contributed by atoms with E-state index in [0.717, 1.165) is 0 Å². The number of rotatable bonds is 9. The summed E-state index contributed by atoms with van der Waals surface area (Å²) in [6.45, 7) is 2.06. The van der Waals surface area contributed by atoms with Gasteiger partial charge in [0.05, 0.1) is 27.7 Å². The number of hydrogen-bond donors (Lipinski definition) is 1. The molecule has 0 aliphatic carbocycles. The molecular formula is C11H23NO6P+. The van der Waals surface area contributed by atoms with Gasteiger partial charge in [0.15, 0.2) is 0 Å². The molecule has 0 saturated heterocycles. The number of quaternary nitrogens is 1. The zero-order chi connectivity index (χ0) is 14.9.